The quantitative estimate of drug-likeness (QED) is 0.186. The lowest BCUT2D eigenvalue weighted by molar-refractivity contribution is 0.669. The summed E-state index contributed by atoms with van der Waals surface area (Å²) in [6.07, 6.45) is 0. The fraction of sp³-hybridized carbons (Fsp3) is 0. The summed E-state index contributed by atoms with van der Waals surface area (Å²) in [5.74, 6) is 0. The third-order valence-corrected chi connectivity index (χ3v) is 10.8. The first kappa shape index (κ1) is 27.9. The Morgan fingerprint density at radius 3 is 1.86 bits per heavy atom. The summed E-state index contributed by atoms with van der Waals surface area (Å²) < 4.78 is 8.75. The number of benzene rings is 8. The van der Waals surface area contributed by atoms with Crippen LogP contribution in [-0.4, -0.2) is 0 Å². The van der Waals surface area contributed by atoms with Crippen molar-refractivity contribution in [2.45, 2.75) is 0 Å². The minimum absolute atomic E-state index is 0.910. The monoisotopic (exact) mass is 643 g/mol. The highest BCUT2D eigenvalue weighted by atomic mass is 32.1. The van der Waals surface area contributed by atoms with Gasteiger partial charge in [0.1, 0.15) is 11.2 Å². The van der Waals surface area contributed by atoms with E-state index in [2.05, 4.69) is 169 Å². The van der Waals surface area contributed by atoms with Crippen LogP contribution in [-0.2, 0) is 0 Å². The van der Waals surface area contributed by atoms with Gasteiger partial charge in [0.05, 0.1) is 5.69 Å². The molecule has 2 nitrogen and oxygen atoms in total. The summed E-state index contributed by atoms with van der Waals surface area (Å²) in [5.41, 5.74) is 10.0. The lowest BCUT2D eigenvalue weighted by atomic mass is 9.95. The van der Waals surface area contributed by atoms with Gasteiger partial charge >= 0.3 is 0 Å². The number of furan rings is 1. The van der Waals surface area contributed by atoms with E-state index in [4.69, 9.17) is 4.42 Å². The predicted octanol–water partition coefficient (Wildman–Crippen LogP) is 13.9. The number of anilines is 3. The van der Waals surface area contributed by atoms with E-state index in [9.17, 15) is 0 Å². The fourth-order valence-corrected chi connectivity index (χ4v) is 8.48. The molecule has 2 aromatic heterocycles. The highest BCUT2D eigenvalue weighted by Gasteiger charge is 2.19. The van der Waals surface area contributed by atoms with Crippen LogP contribution in [0.5, 0.6) is 0 Å². The summed E-state index contributed by atoms with van der Waals surface area (Å²) in [5, 5.41) is 7.29. The molecule has 0 fully saturated rings. The van der Waals surface area contributed by atoms with Gasteiger partial charge in [0, 0.05) is 47.7 Å². The Morgan fingerprint density at radius 2 is 1.00 bits per heavy atom. The molecule has 0 radical (unpaired) electrons. The number of rotatable bonds is 5. The third kappa shape index (κ3) is 4.62. The molecule has 3 heteroatoms. The molecule has 0 bridgehead atoms. The number of fused-ring (bicyclic) bond motifs is 7. The van der Waals surface area contributed by atoms with Gasteiger partial charge in [-0.3, -0.25) is 0 Å². The van der Waals surface area contributed by atoms with Crippen molar-refractivity contribution in [2.75, 3.05) is 4.90 Å². The maximum Gasteiger partial charge on any atom is 0.135 e. The Labute approximate surface area is 287 Å². The van der Waals surface area contributed by atoms with Crippen LogP contribution in [0.1, 0.15) is 0 Å². The maximum absolute atomic E-state index is 6.16. The second-order valence-electron chi connectivity index (χ2n) is 12.5. The average molecular weight is 644 g/mol. The van der Waals surface area contributed by atoms with Crippen molar-refractivity contribution in [3.63, 3.8) is 0 Å². The molecule has 0 aliphatic heterocycles. The normalized spacial score (nSPS) is 11.7. The molecule has 0 atom stereocenters. The van der Waals surface area contributed by atoms with Crippen LogP contribution >= 0.6 is 11.3 Å². The zero-order chi connectivity index (χ0) is 32.3. The number of para-hydroxylation sites is 1. The van der Waals surface area contributed by atoms with Crippen LogP contribution in [0, 0.1) is 0 Å². The minimum Gasteiger partial charge on any atom is -0.456 e. The van der Waals surface area contributed by atoms with Crippen LogP contribution in [0.2, 0.25) is 0 Å². The zero-order valence-corrected chi connectivity index (χ0v) is 27.3. The molecule has 2 heterocycles. The standard InChI is InChI=1S/C46H29NOS/c1-2-10-30(11-3-1)31-18-21-33(22-19-31)47(34-23-24-40-39-15-7-9-17-45(39)49-46(40)29-34)42-26-25-35(36-12-4-5-13-37(36)42)32-20-27-44-41(28-32)38-14-6-8-16-43(38)48-44/h1-29H. The second-order valence-corrected chi connectivity index (χ2v) is 13.6. The molecule has 0 unspecified atom stereocenters. The van der Waals surface area contributed by atoms with Crippen LogP contribution in [0.3, 0.4) is 0 Å². The highest BCUT2D eigenvalue weighted by molar-refractivity contribution is 7.25. The Morgan fingerprint density at radius 1 is 0.367 bits per heavy atom. The lowest BCUT2D eigenvalue weighted by Gasteiger charge is -2.28. The third-order valence-electron chi connectivity index (χ3n) is 9.68. The molecule has 0 saturated carbocycles. The SMILES string of the molecule is c1ccc(-c2ccc(N(c3ccc4c(c3)sc3ccccc34)c3ccc(-c4ccc5oc6ccccc6c5c4)c4ccccc34)cc2)cc1. The molecule has 0 amide bonds. The molecular weight excluding hydrogens is 615 g/mol. The summed E-state index contributed by atoms with van der Waals surface area (Å²) in [6, 6.07) is 63.4. The van der Waals surface area contributed by atoms with Crippen LogP contribution in [0.15, 0.2) is 180 Å². The van der Waals surface area contributed by atoms with Gasteiger partial charge in [-0.15, -0.1) is 11.3 Å². The van der Waals surface area contributed by atoms with Gasteiger partial charge in [-0.2, -0.15) is 0 Å². The van der Waals surface area contributed by atoms with Gasteiger partial charge in [-0.05, 0) is 82.2 Å². The van der Waals surface area contributed by atoms with Crippen LogP contribution < -0.4 is 4.90 Å². The van der Waals surface area contributed by atoms with Crippen LogP contribution in [0.4, 0.5) is 17.1 Å². The van der Waals surface area contributed by atoms with Crippen molar-refractivity contribution in [2.24, 2.45) is 0 Å². The van der Waals surface area contributed by atoms with E-state index in [0.29, 0.717) is 0 Å². The molecule has 0 spiro atoms. The number of hydrogen-bond donors (Lipinski definition) is 0. The Hall–Kier alpha value is -6.16. The highest BCUT2D eigenvalue weighted by Crippen LogP contribution is 2.45. The van der Waals surface area contributed by atoms with Crippen molar-refractivity contribution in [3.05, 3.63) is 176 Å². The number of nitrogens with zero attached hydrogens (tertiary/aromatic N) is 1. The van der Waals surface area contributed by atoms with E-state index in [1.807, 2.05) is 23.5 Å². The molecule has 10 aromatic rings. The fourth-order valence-electron chi connectivity index (χ4n) is 7.34. The second kappa shape index (κ2) is 11.2. The van der Waals surface area contributed by atoms with Crippen LogP contribution in [0.25, 0.3) is 75.1 Å². The lowest BCUT2D eigenvalue weighted by Crippen LogP contribution is -2.10. The molecule has 230 valence electrons. The number of hydrogen-bond acceptors (Lipinski definition) is 3. The van der Waals surface area contributed by atoms with Gasteiger partial charge in [0.2, 0.25) is 0 Å². The van der Waals surface area contributed by atoms with E-state index in [1.54, 1.807) is 0 Å². The van der Waals surface area contributed by atoms with Crippen molar-refractivity contribution >= 4 is 81.3 Å². The van der Waals surface area contributed by atoms with Crippen molar-refractivity contribution < 1.29 is 4.42 Å². The maximum atomic E-state index is 6.16. The molecule has 10 rings (SSSR count). The summed E-state index contributed by atoms with van der Waals surface area (Å²) in [7, 11) is 0. The first-order valence-electron chi connectivity index (χ1n) is 16.6. The molecule has 0 aliphatic rings. The van der Waals surface area contributed by atoms with E-state index >= 15 is 0 Å². The van der Waals surface area contributed by atoms with E-state index in [-0.39, 0.29) is 0 Å². The minimum atomic E-state index is 0.910. The van der Waals surface area contributed by atoms with E-state index < -0.39 is 0 Å². The van der Waals surface area contributed by atoms with E-state index in [1.165, 1.54) is 53.2 Å². The van der Waals surface area contributed by atoms with E-state index in [0.717, 1.165) is 39.0 Å². The zero-order valence-electron chi connectivity index (χ0n) is 26.5. The molecule has 8 aromatic carbocycles. The molecule has 0 aliphatic carbocycles. The molecule has 0 saturated heterocycles. The first-order chi connectivity index (χ1) is 24.3. The topological polar surface area (TPSA) is 16.4 Å². The summed E-state index contributed by atoms with van der Waals surface area (Å²) >= 11 is 1.85. The van der Waals surface area contributed by atoms with Gasteiger partial charge in [0.15, 0.2) is 0 Å². The molecular formula is C46H29NOS. The van der Waals surface area contributed by atoms with Gasteiger partial charge < -0.3 is 9.32 Å². The Kier molecular flexibility index (Phi) is 6.39. The van der Waals surface area contributed by atoms with Gasteiger partial charge in [-0.25, -0.2) is 0 Å². The van der Waals surface area contributed by atoms with Crippen molar-refractivity contribution in [1.29, 1.82) is 0 Å². The van der Waals surface area contributed by atoms with Gasteiger partial charge in [0.25, 0.3) is 0 Å². The van der Waals surface area contributed by atoms with Crippen molar-refractivity contribution in [1.82, 2.24) is 0 Å². The number of thiophene rings is 1. The Bertz CT molecular complexity index is 2830. The van der Waals surface area contributed by atoms with Gasteiger partial charge in [-0.1, -0.05) is 121 Å². The summed E-state index contributed by atoms with van der Waals surface area (Å²) in [6.45, 7) is 0. The average Bonchev–Trinajstić information content (AvgIpc) is 3.73. The molecule has 0 N–H and O–H groups in total. The largest absolute Gasteiger partial charge is 0.456 e. The molecule has 49 heavy (non-hydrogen) atoms. The Balaban J connectivity index is 1.17. The van der Waals surface area contributed by atoms with Crippen molar-refractivity contribution in [3.8, 4) is 22.3 Å². The first-order valence-corrected chi connectivity index (χ1v) is 17.4. The smallest absolute Gasteiger partial charge is 0.135 e. The predicted molar refractivity (Wildman–Crippen MR) is 210 cm³/mol. The summed E-state index contributed by atoms with van der Waals surface area (Å²) in [4.78, 5) is 2.41.